The molecule has 0 aromatic heterocycles. The van der Waals surface area contributed by atoms with Crippen molar-refractivity contribution in [2.24, 2.45) is 5.73 Å². The summed E-state index contributed by atoms with van der Waals surface area (Å²) in [5.41, 5.74) is 4.54. The molecule has 0 radical (unpaired) electrons. The summed E-state index contributed by atoms with van der Waals surface area (Å²) in [7, 11) is 0. The fraction of sp³-hybridized carbons (Fsp3) is 0.941. The van der Waals surface area contributed by atoms with Crippen LogP contribution >= 0.6 is 0 Å². The minimum atomic E-state index is -0.711. The van der Waals surface area contributed by atoms with Gasteiger partial charge in [0.1, 0.15) is 0 Å². The molecule has 0 fully saturated rings. The van der Waals surface area contributed by atoms with Gasteiger partial charge in [-0.15, -0.1) is 0 Å². The smallest absolute Gasteiger partial charge is 0.404 e. The molecule has 0 rings (SSSR count). The largest absolute Gasteiger partial charge is 0.450 e. The van der Waals surface area contributed by atoms with Crippen molar-refractivity contribution in [1.82, 2.24) is 0 Å². The number of ether oxygens (including phenoxy) is 1. The van der Waals surface area contributed by atoms with Gasteiger partial charge in [0, 0.05) is 0 Å². The first-order valence-electron chi connectivity index (χ1n) is 8.61. The molecule has 3 heteroatoms. The van der Waals surface area contributed by atoms with Gasteiger partial charge in [0.25, 0.3) is 0 Å². The predicted molar refractivity (Wildman–Crippen MR) is 88.0 cm³/mol. The molecule has 0 saturated heterocycles. The molecular formula is C17H37NO2. The molecule has 0 unspecified atom stereocenters. The van der Waals surface area contributed by atoms with Crippen LogP contribution in [-0.4, -0.2) is 12.7 Å². The highest BCUT2D eigenvalue weighted by molar-refractivity contribution is 5.64. The molecule has 20 heavy (non-hydrogen) atoms. The maximum atomic E-state index is 9.60. The van der Waals surface area contributed by atoms with Gasteiger partial charge in [-0.1, -0.05) is 90.9 Å². The van der Waals surface area contributed by atoms with E-state index in [0.717, 1.165) is 0 Å². The van der Waals surface area contributed by atoms with Gasteiger partial charge in [0.05, 0.1) is 6.61 Å². The summed E-state index contributed by atoms with van der Waals surface area (Å²) in [5.74, 6) is 0. The highest BCUT2D eigenvalue weighted by atomic mass is 16.5. The lowest BCUT2D eigenvalue weighted by molar-refractivity contribution is 0.163. The molecule has 1 amide bonds. The Morgan fingerprint density at radius 1 is 0.700 bits per heavy atom. The fourth-order valence-corrected chi connectivity index (χ4v) is 2.06. The molecule has 0 spiro atoms. The molecule has 0 aromatic carbocycles. The third-order valence-corrected chi connectivity index (χ3v) is 3.24. The zero-order valence-electron chi connectivity index (χ0n) is 14.1. The Kier molecular flexibility index (Phi) is 22.2. The summed E-state index contributed by atoms with van der Waals surface area (Å²) in [6, 6.07) is 0. The van der Waals surface area contributed by atoms with Crippen LogP contribution in [0.1, 0.15) is 97.8 Å². The highest BCUT2D eigenvalue weighted by Crippen LogP contribution is 2.11. The molecule has 3 nitrogen and oxygen atoms in total. The van der Waals surface area contributed by atoms with Gasteiger partial charge in [-0.2, -0.15) is 0 Å². The molecule has 0 aliphatic heterocycles. The first kappa shape index (κ1) is 21.6. The zero-order chi connectivity index (χ0) is 15.5. The van der Waals surface area contributed by atoms with Crippen LogP contribution in [0.2, 0.25) is 0 Å². The van der Waals surface area contributed by atoms with E-state index in [1.54, 1.807) is 6.92 Å². The second kappa shape index (κ2) is 20.6. The van der Waals surface area contributed by atoms with E-state index in [2.05, 4.69) is 24.3 Å². The number of carbonyl (C=O) groups is 1. The van der Waals surface area contributed by atoms with Crippen molar-refractivity contribution in [3.05, 3.63) is 0 Å². The van der Waals surface area contributed by atoms with Crippen molar-refractivity contribution in [3.8, 4) is 0 Å². The second-order valence-corrected chi connectivity index (χ2v) is 5.29. The number of amides is 1. The highest BCUT2D eigenvalue weighted by Gasteiger charge is 1.91. The van der Waals surface area contributed by atoms with Gasteiger partial charge in [0.2, 0.25) is 0 Å². The summed E-state index contributed by atoms with van der Waals surface area (Å²) >= 11 is 0. The summed E-state index contributed by atoms with van der Waals surface area (Å²) in [6.45, 7) is 6.63. The normalized spacial score (nSPS) is 9.75. The van der Waals surface area contributed by atoms with E-state index in [4.69, 9.17) is 0 Å². The molecule has 0 atom stereocenters. The van der Waals surface area contributed by atoms with E-state index >= 15 is 0 Å². The number of hydrogen-bond donors (Lipinski definition) is 1. The van der Waals surface area contributed by atoms with Gasteiger partial charge in [-0.3, -0.25) is 0 Å². The number of primary amides is 1. The van der Waals surface area contributed by atoms with E-state index in [9.17, 15) is 4.79 Å². The molecule has 2 N–H and O–H groups in total. The Bertz CT molecular complexity index is 172. The van der Waals surface area contributed by atoms with Gasteiger partial charge in [-0.25, -0.2) is 4.79 Å². The lowest BCUT2D eigenvalue weighted by Gasteiger charge is -2.01. The van der Waals surface area contributed by atoms with E-state index in [0.29, 0.717) is 6.61 Å². The Morgan fingerprint density at radius 2 is 1.00 bits per heavy atom. The van der Waals surface area contributed by atoms with Crippen LogP contribution in [0.4, 0.5) is 4.79 Å². The molecule has 0 aliphatic carbocycles. The van der Waals surface area contributed by atoms with Crippen LogP contribution in [-0.2, 0) is 4.74 Å². The minimum Gasteiger partial charge on any atom is -0.450 e. The van der Waals surface area contributed by atoms with Crippen molar-refractivity contribution in [2.75, 3.05) is 6.61 Å². The number of hydrogen-bond acceptors (Lipinski definition) is 2. The first-order valence-corrected chi connectivity index (χ1v) is 8.61. The van der Waals surface area contributed by atoms with E-state index in [-0.39, 0.29) is 0 Å². The lowest BCUT2D eigenvalue weighted by Crippen LogP contribution is -2.11. The third kappa shape index (κ3) is 26.0. The zero-order valence-corrected chi connectivity index (χ0v) is 14.1. The van der Waals surface area contributed by atoms with Crippen molar-refractivity contribution in [1.29, 1.82) is 0 Å². The Balaban J connectivity index is 0. The Labute approximate surface area is 126 Å². The second-order valence-electron chi connectivity index (χ2n) is 5.29. The first-order chi connectivity index (χ1) is 9.68. The Morgan fingerprint density at radius 3 is 1.15 bits per heavy atom. The SMILES string of the molecule is CCCCCCCCCCCCCC.CCOC(N)=O. The van der Waals surface area contributed by atoms with E-state index in [1.807, 2.05) is 0 Å². The molecule has 0 aromatic rings. The maximum absolute atomic E-state index is 9.60. The van der Waals surface area contributed by atoms with Gasteiger partial charge in [0.15, 0.2) is 0 Å². The number of unbranched alkanes of at least 4 members (excludes halogenated alkanes) is 11. The summed E-state index contributed by atoms with van der Waals surface area (Å²) < 4.78 is 4.18. The standard InChI is InChI=1S/C14H30.C3H7NO2/c1-3-5-7-9-11-13-14-12-10-8-6-4-2;1-2-6-3(4)5/h3-14H2,1-2H3;2H2,1H3,(H2,4,5). The van der Waals surface area contributed by atoms with Gasteiger partial charge in [-0.05, 0) is 6.92 Å². The van der Waals surface area contributed by atoms with E-state index < -0.39 is 6.09 Å². The average molecular weight is 287 g/mol. The van der Waals surface area contributed by atoms with Crippen molar-refractivity contribution >= 4 is 6.09 Å². The maximum Gasteiger partial charge on any atom is 0.404 e. The minimum absolute atomic E-state index is 0.356. The van der Waals surface area contributed by atoms with Crippen molar-refractivity contribution < 1.29 is 9.53 Å². The number of carbonyl (C=O) groups excluding carboxylic acids is 1. The van der Waals surface area contributed by atoms with Crippen LogP contribution in [0, 0.1) is 0 Å². The van der Waals surface area contributed by atoms with Crippen LogP contribution in [0.15, 0.2) is 0 Å². The van der Waals surface area contributed by atoms with Gasteiger partial charge < -0.3 is 10.5 Å². The molecular weight excluding hydrogens is 250 g/mol. The predicted octanol–water partition coefficient (Wildman–Crippen LogP) is 5.81. The topological polar surface area (TPSA) is 52.3 Å². The average Bonchev–Trinajstić information content (AvgIpc) is 2.41. The summed E-state index contributed by atoms with van der Waals surface area (Å²) in [4.78, 5) is 9.60. The number of rotatable bonds is 12. The van der Waals surface area contributed by atoms with Crippen LogP contribution in [0.25, 0.3) is 0 Å². The Hall–Kier alpha value is -0.730. The van der Waals surface area contributed by atoms with Crippen LogP contribution < -0.4 is 5.73 Å². The van der Waals surface area contributed by atoms with Gasteiger partial charge >= 0.3 is 6.09 Å². The lowest BCUT2D eigenvalue weighted by atomic mass is 10.1. The van der Waals surface area contributed by atoms with E-state index in [1.165, 1.54) is 77.0 Å². The monoisotopic (exact) mass is 287 g/mol. The quantitative estimate of drug-likeness (QED) is 0.460. The van der Waals surface area contributed by atoms with Crippen LogP contribution in [0.5, 0.6) is 0 Å². The van der Waals surface area contributed by atoms with Crippen molar-refractivity contribution in [3.63, 3.8) is 0 Å². The molecule has 0 aliphatic rings. The molecule has 0 bridgehead atoms. The van der Waals surface area contributed by atoms with Crippen LogP contribution in [0.3, 0.4) is 0 Å². The molecule has 122 valence electrons. The fourth-order valence-electron chi connectivity index (χ4n) is 2.06. The molecule has 0 saturated carbocycles. The third-order valence-electron chi connectivity index (χ3n) is 3.24. The molecule has 0 heterocycles. The summed E-state index contributed by atoms with van der Waals surface area (Å²) in [6.07, 6.45) is 16.7. The number of nitrogens with two attached hydrogens (primary N) is 1. The van der Waals surface area contributed by atoms with Crippen molar-refractivity contribution in [2.45, 2.75) is 97.8 Å². The summed E-state index contributed by atoms with van der Waals surface area (Å²) in [5, 5.41) is 0.